The van der Waals surface area contributed by atoms with Crippen LogP contribution in [0.25, 0.3) is 99.5 Å². The molecule has 310 valence electrons. The van der Waals surface area contributed by atoms with Gasteiger partial charge in [-0.15, -0.1) is 0 Å². The molecule has 12 rings (SSSR count). The third-order valence-electron chi connectivity index (χ3n) is 12.9. The first kappa shape index (κ1) is 38.9. The van der Waals surface area contributed by atoms with Gasteiger partial charge in [-0.2, -0.15) is 0 Å². The number of furan rings is 1. The Kier molecular flexibility index (Phi) is 9.89. The SMILES string of the molecule is c1ccc(-c2ccc(-c3ccccc3N(c3ccc(-c4ccc(-c5ccccc5)c(-c5cc6ccccc6o5)c4)cc3)c3ccc(-c4ccc5c(ccc6ccccc65)c4)cc3)cc2)cc1. The normalized spacial score (nSPS) is 11.3. The van der Waals surface area contributed by atoms with E-state index in [4.69, 9.17) is 4.42 Å². The Morgan fingerprint density at radius 2 is 0.742 bits per heavy atom. The average molecular weight is 842 g/mol. The monoisotopic (exact) mass is 841 g/mol. The van der Waals surface area contributed by atoms with Crippen molar-refractivity contribution in [2.24, 2.45) is 0 Å². The van der Waals surface area contributed by atoms with Crippen LogP contribution < -0.4 is 4.90 Å². The Hall–Kier alpha value is -8.72. The largest absolute Gasteiger partial charge is 0.456 e. The fourth-order valence-electron chi connectivity index (χ4n) is 9.52. The van der Waals surface area contributed by atoms with E-state index in [-0.39, 0.29) is 0 Å². The highest BCUT2D eigenvalue weighted by Gasteiger charge is 2.19. The number of hydrogen-bond acceptors (Lipinski definition) is 2. The van der Waals surface area contributed by atoms with E-state index < -0.39 is 0 Å². The first-order valence-corrected chi connectivity index (χ1v) is 22.6. The number of anilines is 3. The maximum Gasteiger partial charge on any atom is 0.136 e. The molecule has 12 aromatic rings. The summed E-state index contributed by atoms with van der Waals surface area (Å²) in [6, 6.07) is 93.8. The molecular weight excluding hydrogens is 799 g/mol. The Bertz CT molecular complexity index is 3630. The fraction of sp³-hybridized carbons (Fsp3) is 0. The number of hydrogen-bond donors (Lipinski definition) is 0. The number of para-hydroxylation sites is 2. The molecular formula is C64H43NO. The molecule has 0 atom stereocenters. The van der Waals surface area contributed by atoms with Crippen LogP contribution in [-0.2, 0) is 0 Å². The number of fused-ring (bicyclic) bond motifs is 4. The van der Waals surface area contributed by atoms with Crippen molar-refractivity contribution in [2.45, 2.75) is 0 Å². The zero-order chi connectivity index (χ0) is 43.8. The standard InChI is InChI=1S/C64H43NO/c1-3-13-44(14-4-1)45-23-25-50(26-24-45)60-20-10-11-21-62(60)65(55-35-29-46(30-36-55)51-33-40-59-53(41-51)28-27-49-17-7-9-19-57(49)59)56-37-31-47(32-38-56)52-34-39-58(48-15-5-2-6-16-48)61(42-52)64-43-54-18-8-12-22-63(54)66-64/h1-43H. The van der Waals surface area contributed by atoms with E-state index in [1.807, 2.05) is 12.1 Å². The first-order valence-electron chi connectivity index (χ1n) is 22.6. The van der Waals surface area contributed by atoms with Gasteiger partial charge in [-0.3, -0.25) is 0 Å². The van der Waals surface area contributed by atoms with Crippen molar-refractivity contribution in [3.05, 3.63) is 261 Å². The molecule has 1 aromatic heterocycles. The van der Waals surface area contributed by atoms with E-state index in [2.05, 4.69) is 254 Å². The minimum atomic E-state index is 0.855. The van der Waals surface area contributed by atoms with Gasteiger partial charge >= 0.3 is 0 Å². The Balaban J connectivity index is 0.944. The summed E-state index contributed by atoms with van der Waals surface area (Å²) in [4.78, 5) is 2.39. The van der Waals surface area contributed by atoms with Crippen LogP contribution in [0.5, 0.6) is 0 Å². The quantitative estimate of drug-likeness (QED) is 0.135. The van der Waals surface area contributed by atoms with Crippen molar-refractivity contribution >= 4 is 49.6 Å². The second kappa shape index (κ2) is 16.8. The van der Waals surface area contributed by atoms with E-state index in [0.29, 0.717) is 0 Å². The lowest BCUT2D eigenvalue weighted by Crippen LogP contribution is -2.11. The summed E-state index contributed by atoms with van der Waals surface area (Å²) >= 11 is 0. The molecule has 0 aliphatic rings. The predicted octanol–water partition coefficient (Wildman–Crippen LogP) is 18.2. The highest BCUT2D eigenvalue weighted by Crippen LogP contribution is 2.44. The minimum Gasteiger partial charge on any atom is -0.456 e. The van der Waals surface area contributed by atoms with Crippen molar-refractivity contribution < 1.29 is 4.42 Å². The lowest BCUT2D eigenvalue weighted by atomic mass is 9.93. The van der Waals surface area contributed by atoms with Crippen molar-refractivity contribution in [3.63, 3.8) is 0 Å². The van der Waals surface area contributed by atoms with E-state index in [9.17, 15) is 0 Å². The molecule has 0 aliphatic carbocycles. The van der Waals surface area contributed by atoms with Crippen molar-refractivity contribution in [1.29, 1.82) is 0 Å². The third-order valence-corrected chi connectivity index (χ3v) is 12.9. The van der Waals surface area contributed by atoms with Gasteiger partial charge in [-0.05, 0) is 126 Å². The van der Waals surface area contributed by atoms with Crippen LogP contribution in [-0.4, -0.2) is 0 Å². The summed E-state index contributed by atoms with van der Waals surface area (Å²) in [5.74, 6) is 0.855. The van der Waals surface area contributed by atoms with Gasteiger partial charge in [0.1, 0.15) is 11.3 Å². The van der Waals surface area contributed by atoms with E-state index >= 15 is 0 Å². The van der Waals surface area contributed by atoms with Crippen molar-refractivity contribution in [2.75, 3.05) is 4.90 Å². The summed E-state index contributed by atoms with van der Waals surface area (Å²) in [5, 5.41) is 6.14. The van der Waals surface area contributed by atoms with Crippen LogP contribution in [0.2, 0.25) is 0 Å². The maximum absolute atomic E-state index is 6.50. The van der Waals surface area contributed by atoms with Crippen LogP contribution in [0.1, 0.15) is 0 Å². The summed E-state index contributed by atoms with van der Waals surface area (Å²) in [7, 11) is 0. The van der Waals surface area contributed by atoms with Crippen LogP contribution >= 0.6 is 0 Å². The number of nitrogens with zero attached hydrogens (tertiary/aromatic N) is 1. The lowest BCUT2D eigenvalue weighted by molar-refractivity contribution is 0.632. The molecule has 11 aromatic carbocycles. The zero-order valence-corrected chi connectivity index (χ0v) is 36.2. The number of rotatable bonds is 9. The molecule has 2 heteroatoms. The van der Waals surface area contributed by atoms with Crippen LogP contribution in [0.4, 0.5) is 17.1 Å². The summed E-state index contributed by atoms with van der Waals surface area (Å²) in [6.07, 6.45) is 0. The Morgan fingerprint density at radius 1 is 0.258 bits per heavy atom. The van der Waals surface area contributed by atoms with Crippen LogP contribution in [0.15, 0.2) is 265 Å². The summed E-state index contributed by atoms with van der Waals surface area (Å²) in [5.41, 5.74) is 16.8. The van der Waals surface area contributed by atoms with Gasteiger partial charge in [0.25, 0.3) is 0 Å². The highest BCUT2D eigenvalue weighted by molar-refractivity contribution is 6.08. The smallest absolute Gasteiger partial charge is 0.136 e. The molecule has 0 spiro atoms. The summed E-state index contributed by atoms with van der Waals surface area (Å²) in [6.45, 7) is 0. The average Bonchev–Trinajstić information content (AvgIpc) is 3.84. The van der Waals surface area contributed by atoms with Crippen LogP contribution in [0, 0.1) is 0 Å². The van der Waals surface area contributed by atoms with Crippen molar-refractivity contribution in [1.82, 2.24) is 0 Å². The number of benzene rings is 11. The third kappa shape index (κ3) is 7.31. The molecule has 0 N–H and O–H groups in total. The molecule has 0 fully saturated rings. The molecule has 0 saturated carbocycles. The molecule has 0 aliphatic heterocycles. The second-order valence-electron chi connectivity index (χ2n) is 16.9. The van der Waals surface area contributed by atoms with Gasteiger partial charge in [-0.25, -0.2) is 0 Å². The van der Waals surface area contributed by atoms with Gasteiger partial charge in [-0.1, -0.05) is 206 Å². The molecule has 0 bridgehead atoms. The van der Waals surface area contributed by atoms with Gasteiger partial charge in [0, 0.05) is 27.9 Å². The van der Waals surface area contributed by atoms with Crippen LogP contribution in [0.3, 0.4) is 0 Å². The topological polar surface area (TPSA) is 16.4 Å². The molecule has 0 unspecified atom stereocenters. The summed E-state index contributed by atoms with van der Waals surface area (Å²) < 4.78 is 6.50. The highest BCUT2D eigenvalue weighted by atomic mass is 16.3. The lowest BCUT2D eigenvalue weighted by Gasteiger charge is -2.28. The van der Waals surface area contributed by atoms with Gasteiger partial charge < -0.3 is 9.32 Å². The maximum atomic E-state index is 6.50. The zero-order valence-electron chi connectivity index (χ0n) is 36.2. The van der Waals surface area contributed by atoms with Crippen molar-refractivity contribution in [3.8, 4) is 67.0 Å². The predicted molar refractivity (Wildman–Crippen MR) is 279 cm³/mol. The van der Waals surface area contributed by atoms with Gasteiger partial charge in [0.05, 0.1) is 5.69 Å². The molecule has 0 radical (unpaired) electrons. The van der Waals surface area contributed by atoms with Gasteiger partial charge in [0.15, 0.2) is 0 Å². The molecule has 0 saturated heterocycles. The second-order valence-corrected chi connectivity index (χ2v) is 16.9. The minimum absolute atomic E-state index is 0.855. The van der Waals surface area contributed by atoms with E-state index in [1.165, 1.54) is 43.8 Å². The van der Waals surface area contributed by atoms with E-state index in [0.717, 1.165) is 72.7 Å². The first-order chi connectivity index (χ1) is 32.7. The molecule has 2 nitrogen and oxygen atoms in total. The Morgan fingerprint density at radius 3 is 1.47 bits per heavy atom. The fourth-order valence-corrected chi connectivity index (χ4v) is 9.52. The Labute approximate surface area is 384 Å². The molecule has 66 heavy (non-hydrogen) atoms. The van der Waals surface area contributed by atoms with Gasteiger partial charge in [0.2, 0.25) is 0 Å². The molecule has 0 amide bonds. The van der Waals surface area contributed by atoms with E-state index in [1.54, 1.807) is 0 Å². The molecule has 1 heterocycles.